The van der Waals surface area contributed by atoms with Gasteiger partial charge in [0.25, 0.3) is 0 Å². The third-order valence-electron chi connectivity index (χ3n) is 5.70. The summed E-state index contributed by atoms with van der Waals surface area (Å²) in [5.41, 5.74) is 4.48. The Labute approximate surface area is 196 Å². The number of hydrogen-bond donors (Lipinski definition) is 0. The molecule has 0 fully saturated rings. The Kier molecular flexibility index (Phi) is 9.23. The normalized spacial score (nSPS) is 14.2. The summed E-state index contributed by atoms with van der Waals surface area (Å²) in [5.74, 6) is -0.0382. The highest BCUT2D eigenvalue weighted by Gasteiger charge is 2.18. The summed E-state index contributed by atoms with van der Waals surface area (Å²) in [6, 6.07) is 9.95. The highest BCUT2D eigenvalue weighted by Crippen LogP contribution is 2.24. The van der Waals surface area contributed by atoms with E-state index in [4.69, 9.17) is 16.3 Å². The van der Waals surface area contributed by atoms with E-state index in [1.165, 1.54) is 11.1 Å². The molecule has 0 radical (unpaired) electrons. The van der Waals surface area contributed by atoms with Crippen molar-refractivity contribution in [2.45, 2.75) is 19.5 Å². The standard InChI is InChI=1S/C25H33ClN4O2/c1-28(2)14-15-30(19-24-23(26)8-5-12-27-24)25(31)10-9-20-6-4-7-21-18-29(16-17-32-3)13-11-22(20)21/h4-10,12H,11,13-19H2,1-3H3. The lowest BCUT2D eigenvalue weighted by Gasteiger charge is -2.29. The molecule has 172 valence electrons. The van der Waals surface area contributed by atoms with E-state index < -0.39 is 0 Å². The zero-order valence-electron chi connectivity index (χ0n) is 19.3. The van der Waals surface area contributed by atoms with Crippen LogP contribution in [0.25, 0.3) is 6.08 Å². The molecule has 3 rings (SSSR count). The maximum absolute atomic E-state index is 13.1. The number of likely N-dealkylation sites (N-methyl/N-ethyl adjacent to an activating group) is 1. The topological polar surface area (TPSA) is 48.9 Å². The van der Waals surface area contributed by atoms with E-state index in [1.807, 2.05) is 20.2 Å². The minimum absolute atomic E-state index is 0.0382. The third kappa shape index (κ3) is 6.87. The number of rotatable bonds is 10. The van der Waals surface area contributed by atoms with Gasteiger partial charge in [0.2, 0.25) is 5.91 Å². The second-order valence-corrected chi connectivity index (χ2v) is 8.74. The fourth-order valence-corrected chi connectivity index (χ4v) is 4.02. The van der Waals surface area contributed by atoms with Crippen LogP contribution in [0.15, 0.2) is 42.6 Å². The summed E-state index contributed by atoms with van der Waals surface area (Å²) in [4.78, 5) is 23.7. The summed E-state index contributed by atoms with van der Waals surface area (Å²) < 4.78 is 5.22. The van der Waals surface area contributed by atoms with Crippen LogP contribution >= 0.6 is 11.6 Å². The van der Waals surface area contributed by atoms with Gasteiger partial charge >= 0.3 is 0 Å². The fourth-order valence-electron chi connectivity index (χ4n) is 3.83. The second kappa shape index (κ2) is 12.1. The van der Waals surface area contributed by atoms with Gasteiger partial charge in [-0.1, -0.05) is 29.8 Å². The van der Waals surface area contributed by atoms with Crippen LogP contribution in [-0.4, -0.2) is 79.6 Å². The largest absolute Gasteiger partial charge is 0.383 e. The Balaban J connectivity index is 1.73. The average molecular weight is 457 g/mol. The van der Waals surface area contributed by atoms with Crippen molar-refractivity contribution in [2.24, 2.45) is 0 Å². The number of benzene rings is 1. The molecule has 1 aliphatic heterocycles. The molecule has 0 bridgehead atoms. The molecule has 0 N–H and O–H groups in total. The molecule has 0 unspecified atom stereocenters. The summed E-state index contributed by atoms with van der Waals surface area (Å²) >= 11 is 6.29. The van der Waals surface area contributed by atoms with Gasteiger partial charge in [-0.3, -0.25) is 14.7 Å². The molecule has 0 saturated carbocycles. The molecule has 1 amide bonds. The second-order valence-electron chi connectivity index (χ2n) is 8.33. The van der Waals surface area contributed by atoms with Crippen LogP contribution in [-0.2, 0) is 29.0 Å². The van der Waals surface area contributed by atoms with E-state index in [9.17, 15) is 4.79 Å². The third-order valence-corrected chi connectivity index (χ3v) is 6.05. The molecule has 2 aromatic rings. The van der Waals surface area contributed by atoms with Crippen molar-refractivity contribution in [2.75, 3.05) is 54.0 Å². The highest BCUT2D eigenvalue weighted by atomic mass is 35.5. The van der Waals surface area contributed by atoms with Crippen molar-refractivity contribution in [1.82, 2.24) is 19.7 Å². The van der Waals surface area contributed by atoms with Gasteiger partial charge in [0.05, 0.1) is 23.9 Å². The van der Waals surface area contributed by atoms with E-state index in [-0.39, 0.29) is 5.91 Å². The number of fused-ring (bicyclic) bond motifs is 1. The first kappa shape index (κ1) is 24.4. The fraction of sp³-hybridized carbons (Fsp3) is 0.440. The quantitative estimate of drug-likeness (QED) is 0.513. The zero-order chi connectivity index (χ0) is 22.9. The first-order chi connectivity index (χ1) is 15.5. The minimum Gasteiger partial charge on any atom is -0.383 e. The van der Waals surface area contributed by atoms with Gasteiger partial charge in [-0.25, -0.2) is 0 Å². The predicted octanol–water partition coefficient (Wildman–Crippen LogP) is 3.34. The van der Waals surface area contributed by atoms with Gasteiger partial charge in [-0.05, 0) is 55.4 Å². The molecule has 0 saturated heterocycles. The zero-order valence-corrected chi connectivity index (χ0v) is 20.0. The lowest BCUT2D eigenvalue weighted by molar-refractivity contribution is -0.126. The molecule has 1 aliphatic rings. The Hall–Kier alpha value is -2.25. The maximum Gasteiger partial charge on any atom is 0.246 e. The highest BCUT2D eigenvalue weighted by molar-refractivity contribution is 6.31. The number of nitrogens with zero attached hydrogens (tertiary/aromatic N) is 4. The lowest BCUT2D eigenvalue weighted by Crippen LogP contribution is -2.35. The number of hydrogen-bond acceptors (Lipinski definition) is 5. The van der Waals surface area contributed by atoms with Crippen LogP contribution < -0.4 is 0 Å². The molecule has 0 spiro atoms. The van der Waals surface area contributed by atoms with Crippen molar-refractivity contribution >= 4 is 23.6 Å². The van der Waals surface area contributed by atoms with Crippen LogP contribution in [0.3, 0.4) is 0 Å². The van der Waals surface area contributed by atoms with Crippen molar-refractivity contribution in [3.63, 3.8) is 0 Å². The molecule has 1 aromatic heterocycles. The van der Waals surface area contributed by atoms with E-state index in [1.54, 1.807) is 36.4 Å². The van der Waals surface area contributed by atoms with Crippen molar-refractivity contribution < 1.29 is 9.53 Å². The number of amides is 1. The molecule has 0 aliphatic carbocycles. The lowest BCUT2D eigenvalue weighted by atomic mass is 9.94. The van der Waals surface area contributed by atoms with Crippen LogP contribution in [0.2, 0.25) is 5.02 Å². The average Bonchev–Trinajstić information content (AvgIpc) is 2.79. The summed E-state index contributed by atoms with van der Waals surface area (Å²) in [6.07, 6.45) is 6.31. The van der Waals surface area contributed by atoms with Gasteiger partial charge in [-0.2, -0.15) is 0 Å². The molecule has 1 aromatic carbocycles. The maximum atomic E-state index is 13.1. The Bertz CT molecular complexity index is 932. The molecule has 32 heavy (non-hydrogen) atoms. The first-order valence-electron chi connectivity index (χ1n) is 11.0. The van der Waals surface area contributed by atoms with Crippen LogP contribution in [0.5, 0.6) is 0 Å². The summed E-state index contributed by atoms with van der Waals surface area (Å²) in [7, 11) is 5.73. The number of carbonyl (C=O) groups excluding carboxylic acids is 1. The van der Waals surface area contributed by atoms with Gasteiger partial charge < -0.3 is 14.5 Å². The van der Waals surface area contributed by atoms with E-state index >= 15 is 0 Å². The number of aromatic nitrogens is 1. The molecule has 6 nitrogen and oxygen atoms in total. The number of pyridine rings is 1. The van der Waals surface area contributed by atoms with E-state index in [0.717, 1.165) is 44.8 Å². The molecular formula is C25H33ClN4O2. The molecule has 2 heterocycles. The minimum atomic E-state index is -0.0382. The van der Waals surface area contributed by atoms with E-state index in [2.05, 4.69) is 33.0 Å². The number of carbonyl (C=O) groups is 1. The van der Waals surface area contributed by atoms with Crippen molar-refractivity contribution in [3.05, 3.63) is 70.0 Å². The van der Waals surface area contributed by atoms with Crippen LogP contribution in [0.4, 0.5) is 0 Å². The summed E-state index contributed by atoms with van der Waals surface area (Å²) in [5, 5.41) is 0.578. The Morgan fingerprint density at radius 2 is 2.09 bits per heavy atom. The van der Waals surface area contributed by atoms with Gasteiger partial charge in [0.15, 0.2) is 0 Å². The van der Waals surface area contributed by atoms with E-state index in [0.29, 0.717) is 23.8 Å². The first-order valence-corrected chi connectivity index (χ1v) is 11.4. The van der Waals surface area contributed by atoms with Gasteiger partial charge in [0.1, 0.15) is 0 Å². The predicted molar refractivity (Wildman–Crippen MR) is 130 cm³/mol. The Morgan fingerprint density at radius 3 is 2.84 bits per heavy atom. The number of methoxy groups -OCH3 is 1. The molecular weight excluding hydrogens is 424 g/mol. The monoisotopic (exact) mass is 456 g/mol. The number of halogens is 1. The smallest absolute Gasteiger partial charge is 0.246 e. The van der Waals surface area contributed by atoms with Crippen LogP contribution in [0, 0.1) is 0 Å². The SMILES string of the molecule is COCCN1CCc2c(C=CC(=O)N(CCN(C)C)Cc3ncccc3Cl)cccc2C1. The molecule has 0 atom stereocenters. The van der Waals surface area contributed by atoms with Crippen LogP contribution in [0.1, 0.15) is 22.4 Å². The molecule has 7 heteroatoms. The van der Waals surface area contributed by atoms with Crippen molar-refractivity contribution in [1.29, 1.82) is 0 Å². The summed E-state index contributed by atoms with van der Waals surface area (Å²) in [6.45, 7) is 5.35. The van der Waals surface area contributed by atoms with Gasteiger partial charge in [-0.15, -0.1) is 0 Å². The number of ether oxygens (including phenoxy) is 1. The Morgan fingerprint density at radius 1 is 1.25 bits per heavy atom. The van der Waals surface area contributed by atoms with Gasteiger partial charge in [0, 0.05) is 52.1 Å². The van der Waals surface area contributed by atoms with Crippen molar-refractivity contribution in [3.8, 4) is 0 Å².